The van der Waals surface area contributed by atoms with Crippen molar-refractivity contribution in [3.63, 3.8) is 0 Å². The number of halogens is 1. The first-order valence-electron chi connectivity index (χ1n) is 9.42. The highest BCUT2D eigenvalue weighted by Crippen LogP contribution is 2.19. The van der Waals surface area contributed by atoms with Gasteiger partial charge in [-0.1, -0.05) is 41.6 Å². The van der Waals surface area contributed by atoms with Gasteiger partial charge in [0.1, 0.15) is 5.82 Å². The van der Waals surface area contributed by atoms with Gasteiger partial charge in [0.25, 0.3) is 5.91 Å². The number of nitrogens with zero attached hydrogens (tertiary/aromatic N) is 3. The van der Waals surface area contributed by atoms with E-state index in [1.54, 1.807) is 18.2 Å². The second-order valence-electron chi connectivity index (χ2n) is 6.51. The number of aromatic nitrogens is 3. The van der Waals surface area contributed by atoms with Gasteiger partial charge in [0.05, 0.1) is 18.0 Å². The monoisotopic (exact) mass is 427 g/mol. The highest BCUT2D eigenvalue weighted by atomic mass is 32.2. The van der Waals surface area contributed by atoms with Gasteiger partial charge in [-0.05, 0) is 38.1 Å². The number of nitrogens with one attached hydrogen (secondary N) is 2. The number of aryl methyl sites for hydroxylation is 1. The van der Waals surface area contributed by atoms with Crippen molar-refractivity contribution in [1.82, 2.24) is 20.1 Å². The molecule has 0 bridgehead atoms. The Morgan fingerprint density at radius 3 is 2.67 bits per heavy atom. The van der Waals surface area contributed by atoms with Crippen molar-refractivity contribution in [3.8, 4) is 0 Å². The van der Waals surface area contributed by atoms with Crippen molar-refractivity contribution >= 4 is 29.3 Å². The zero-order valence-electron chi connectivity index (χ0n) is 16.7. The molecule has 2 amide bonds. The number of para-hydroxylation sites is 1. The maximum Gasteiger partial charge on any atom is 0.251 e. The summed E-state index contributed by atoms with van der Waals surface area (Å²) in [4.78, 5) is 24.5. The number of carbonyl (C=O) groups is 2. The number of anilines is 1. The van der Waals surface area contributed by atoms with E-state index in [1.807, 2.05) is 36.6 Å². The zero-order valence-corrected chi connectivity index (χ0v) is 17.5. The molecule has 0 aliphatic carbocycles. The first kappa shape index (κ1) is 21.5. The van der Waals surface area contributed by atoms with Crippen LogP contribution in [-0.4, -0.2) is 32.3 Å². The maximum atomic E-state index is 13.6. The smallest absolute Gasteiger partial charge is 0.251 e. The molecule has 3 aromatic rings. The summed E-state index contributed by atoms with van der Waals surface area (Å²) in [5.74, 6) is -0.370. The SMILES string of the molecule is CCn1c(CNC(=O)c2cccc(C)c2)nnc1SCC(=O)Nc1ccccc1F. The van der Waals surface area contributed by atoms with Gasteiger partial charge >= 0.3 is 0 Å². The summed E-state index contributed by atoms with van der Waals surface area (Å²) in [5, 5.41) is 14.2. The molecule has 2 aromatic carbocycles. The van der Waals surface area contributed by atoms with Crippen molar-refractivity contribution < 1.29 is 14.0 Å². The molecule has 9 heteroatoms. The van der Waals surface area contributed by atoms with Crippen LogP contribution in [0.4, 0.5) is 10.1 Å². The minimum absolute atomic E-state index is 0.0577. The van der Waals surface area contributed by atoms with Gasteiger partial charge in [-0.3, -0.25) is 9.59 Å². The summed E-state index contributed by atoms with van der Waals surface area (Å²) < 4.78 is 15.5. The average Bonchev–Trinajstić information content (AvgIpc) is 3.14. The fourth-order valence-electron chi connectivity index (χ4n) is 2.80. The van der Waals surface area contributed by atoms with Crippen LogP contribution in [0.25, 0.3) is 0 Å². The minimum atomic E-state index is -0.487. The number of thioether (sulfide) groups is 1. The van der Waals surface area contributed by atoms with Gasteiger partial charge in [0.15, 0.2) is 11.0 Å². The van der Waals surface area contributed by atoms with Crippen LogP contribution in [0.15, 0.2) is 53.7 Å². The summed E-state index contributed by atoms with van der Waals surface area (Å²) >= 11 is 1.20. The van der Waals surface area contributed by atoms with Crippen molar-refractivity contribution in [1.29, 1.82) is 0 Å². The fraction of sp³-hybridized carbons (Fsp3) is 0.238. The maximum absolute atomic E-state index is 13.6. The van der Waals surface area contributed by atoms with E-state index >= 15 is 0 Å². The van der Waals surface area contributed by atoms with Crippen LogP contribution in [0.1, 0.15) is 28.7 Å². The van der Waals surface area contributed by atoms with Crippen molar-refractivity contribution in [2.45, 2.75) is 32.1 Å². The van der Waals surface area contributed by atoms with E-state index in [9.17, 15) is 14.0 Å². The lowest BCUT2D eigenvalue weighted by atomic mass is 10.1. The van der Waals surface area contributed by atoms with E-state index in [4.69, 9.17) is 0 Å². The lowest BCUT2D eigenvalue weighted by Gasteiger charge is -2.09. The van der Waals surface area contributed by atoms with E-state index in [2.05, 4.69) is 20.8 Å². The lowest BCUT2D eigenvalue weighted by Crippen LogP contribution is -2.25. The van der Waals surface area contributed by atoms with E-state index < -0.39 is 5.82 Å². The van der Waals surface area contributed by atoms with E-state index in [-0.39, 0.29) is 29.8 Å². The Morgan fingerprint density at radius 1 is 1.13 bits per heavy atom. The number of amides is 2. The third kappa shape index (κ3) is 5.44. The van der Waals surface area contributed by atoms with Crippen LogP contribution in [0, 0.1) is 12.7 Å². The number of carbonyl (C=O) groups excluding carboxylic acids is 2. The molecule has 0 aliphatic rings. The molecular formula is C21H22FN5O2S. The van der Waals surface area contributed by atoms with Crippen LogP contribution in [0.5, 0.6) is 0 Å². The molecule has 0 saturated carbocycles. The molecule has 0 spiro atoms. The summed E-state index contributed by atoms with van der Waals surface area (Å²) in [6, 6.07) is 13.3. The second-order valence-corrected chi connectivity index (χ2v) is 7.45. The average molecular weight is 428 g/mol. The Bertz CT molecular complexity index is 1050. The first-order chi connectivity index (χ1) is 14.5. The topological polar surface area (TPSA) is 88.9 Å². The van der Waals surface area contributed by atoms with E-state index in [1.165, 1.54) is 23.9 Å². The molecule has 2 N–H and O–H groups in total. The molecule has 7 nitrogen and oxygen atoms in total. The Labute approximate surface area is 178 Å². The summed E-state index contributed by atoms with van der Waals surface area (Å²) in [5.41, 5.74) is 1.73. The predicted octanol–water partition coefficient (Wildman–Crippen LogP) is 3.41. The normalized spacial score (nSPS) is 10.6. The highest BCUT2D eigenvalue weighted by Gasteiger charge is 2.15. The van der Waals surface area contributed by atoms with Crippen molar-refractivity contribution in [2.75, 3.05) is 11.1 Å². The first-order valence-corrected chi connectivity index (χ1v) is 10.4. The minimum Gasteiger partial charge on any atom is -0.345 e. The van der Waals surface area contributed by atoms with E-state index in [0.717, 1.165) is 5.56 Å². The standard InChI is InChI=1S/C21H22FN5O2S/c1-3-27-18(12-23-20(29)15-8-6-7-14(2)11-15)25-26-21(27)30-13-19(28)24-17-10-5-4-9-16(17)22/h4-11H,3,12-13H2,1-2H3,(H,23,29)(H,24,28). The van der Waals surface area contributed by atoms with Gasteiger partial charge in [-0.25, -0.2) is 4.39 Å². The Hall–Kier alpha value is -3.20. The van der Waals surface area contributed by atoms with Crippen LogP contribution in [-0.2, 0) is 17.9 Å². The Balaban J connectivity index is 1.58. The number of rotatable bonds is 8. The molecule has 0 fully saturated rings. The molecule has 0 saturated heterocycles. The third-order valence-electron chi connectivity index (χ3n) is 4.28. The van der Waals surface area contributed by atoms with Crippen LogP contribution in [0.3, 0.4) is 0 Å². The molecule has 0 aliphatic heterocycles. The molecule has 0 unspecified atom stereocenters. The second kappa shape index (κ2) is 10.0. The molecule has 1 heterocycles. The van der Waals surface area contributed by atoms with Crippen molar-refractivity contribution in [3.05, 3.63) is 71.3 Å². The third-order valence-corrected chi connectivity index (χ3v) is 5.24. The fourth-order valence-corrected chi connectivity index (χ4v) is 3.62. The molecular weight excluding hydrogens is 405 g/mol. The van der Waals surface area contributed by atoms with Gasteiger partial charge in [-0.15, -0.1) is 10.2 Å². The lowest BCUT2D eigenvalue weighted by molar-refractivity contribution is -0.113. The Kier molecular flexibility index (Phi) is 7.18. The number of hydrogen-bond acceptors (Lipinski definition) is 5. The quantitative estimate of drug-likeness (QED) is 0.538. The molecule has 0 radical (unpaired) electrons. The van der Waals surface area contributed by atoms with Gasteiger partial charge < -0.3 is 15.2 Å². The van der Waals surface area contributed by atoms with Gasteiger partial charge in [0.2, 0.25) is 5.91 Å². The summed E-state index contributed by atoms with van der Waals surface area (Å²) in [7, 11) is 0. The summed E-state index contributed by atoms with van der Waals surface area (Å²) in [6.07, 6.45) is 0. The van der Waals surface area contributed by atoms with E-state index in [0.29, 0.717) is 23.1 Å². The molecule has 3 rings (SSSR count). The molecule has 1 aromatic heterocycles. The van der Waals surface area contributed by atoms with Crippen molar-refractivity contribution in [2.24, 2.45) is 0 Å². The highest BCUT2D eigenvalue weighted by molar-refractivity contribution is 7.99. The van der Waals surface area contributed by atoms with Gasteiger partial charge in [0, 0.05) is 12.1 Å². The zero-order chi connectivity index (χ0) is 21.5. The van der Waals surface area contributed by atoms with Crippen LogP contribution >= 0.6 is 11.8 Å². The summed E-state index contributed by atoms with van der Waals surface area (Å²) in [6.45, 7) is 4.66. The van der Waals surface area contributed by atoms with Gasteiger partial charge in [-0.2, -0.15) is 0 Å². The predicted molar refractivity (Wildman–Crippen MR) is 114 cm³/mol. The molecule has 0 atom stereocenters. The molecule has 156 valence electrons. The van der Waals surface area contributed by atoms with Crippen LogP contribution in [0.2, 0.25) is 0 Å². The number of benzene rings is 2. The number of hydrogen-bond donors (Lipinski definition) is 2. The Morgan fingerprint density at radius 2 is 1.93 bits per heavy atom. The molecule has 30 heavy (non-hydrogen) atoms. The largest absolute Gasteiger partial charge is 0.345 e. The van der Waals surface area contributed by atoms with Crippen LogP contribution < -0.4 is 10.6 Å².